The van der Waals surface area contributed by atoms with Gasteiger partial charge in [-0.1, -0.05) is 40.6 Å². The lowest BCUT2D eigenvalue weighted by molar-refractivity contribution is 0.102. The lowest BCUT2D eigenvalue weighted by Crippen LogP contribution is -2.29. The molecular weight excluding hydrogens is 404 g/mol. The molecule has 0 aliphatic rings. The number of urea groups is 1. The molecule has 0 atom stereocenters. The Morgan fingerprint density at radius 2 is 2.00 bits per heavy atom. The Kier molecular flexibility index (Phi) is 6.95. The van der Waals surface area contributed by atoms with Crippen LogP contribution >= 0.6 is 27.3 Å². The fourth-order valence-corrected chi connectivity index (χ4v) is 3.46. The number of anilines is 2. The highest BCUT2D eigenvalue weighted by molar-refractivity contribution is 9.10. The van der Waals surface area contributed by atoms with Crippen molar-refractivity contribution >= 4 is 50.0 Å². The van der Waals surface area contributed by atoms with Gasteiger partial charge in [-0.2, -0.15) is 0 Å². The molecule has 0 saturated heterocycles. The van der Waals surface area contributed by atoms with Crippen molar-refractivity contribution in [3.8, 4) is 0 Å². The first-order chi connectivity index (χ1) is 11.9. The third-order valence-corrected chi connectivity index (χ3v) is 5.04. The van der Waals surface area contributed by atoms with Crippen LogP contribution < -0.4 is 16.0 Å². The van der Waals surface area contributed by atoms with Gasteiger partial charge in [0.25, 0.3) is 5.91 Å². The van der Waals surface area contributed by atoms with Gasteiger partial charge in [-0.05, 0) is 44.0 Å². The number of thiazole rings is 1. The number of amides is 3. The molecule has 2 aromatic rings. The minimum Gasteiger partial charge on any atom is -0.338 e. The first kappa shape index (κ1) is 19.4. The number of rotatable bonds is 6. The predicted octanol–water partition coefficient (Wildman–Crippen LogP) is 4.70. The Morgan fingerprint density at radius 1 is 1.24 bits per heavy atom. The minimum absolute atomic E-state index is 0.236. The topological polar surface area (TPSA) is 83.1 Å². The molecule has 1 heterocycles. The number of aromatic nitrogens is 1. The molecule has 0 unspecified atom stereocenters. The van der Waals surface area contributed by atoms with Crippen LogP contribution in [0.5, 0.6) is 0 Å². The van der Waals surface area contributed by atoms with Gasteiger partial charge in [0.15, 0.2) is 5.13 Å². The van der Waals surface area contributed by atoms with Crippen LogP contribution in [0.25, 0.3) is 0 Å². The summed E-state index contributed by atoms with van der Waals surface area (Å²) in [7, 11) is 0. The van der Waals surface area contributed by atoms with Gasteiger partial charge in [-0.3, -0.25) is 10.1 Å². The van der Waals surface area contributed by atoms with E-state index in [2.05, 4.69) is 43.8 Å². The second-order valence-corrected chi connectivity index (χ2v) is 7.50. The van der Waals surface area contributed by atoms with E-state index in [1.807, 2.05) is 25.1 Å². The normalized spacial score (nSPS) is 10.4. The zero-order valence-corrected chi connectivity index (χ0v) is 16.8. The van der Waals surface area contributed by atoms with Crippen molar-refractivity contribution in [1.82, 2.24) is 10.3 Å². The van der Waals surface area contributed by atoms with E-state index in [0.29, 0.717) is 22.2 Å². The molecule has 3 N–H and O–H groups in total. The highest BCUT2D eigenvalue weighted by Gasteiger charge is 2.17. The van der Waals surface area contributed by atoms with Crippen LogP contribution in [0.3, 0.4) is 0 Å². The monoisotopic (exact) mass is 424 g/mol. The first-order valence-corrected chi connectivity index (χ1v) is 9.61. The third-order valence-electron chi connectivity index (χ3n) is 3.48. The van der Waals surface area contributed by atoms with E-state index in [9.17, 15) is 9.59 Å². The van der Waals surface area contributed by atoms with Crippen molar-refractivity contribution < 1.29 is 9.59 Å². The van der Waals surface area contributed by atoms with Crippen molar-refractivity contribution in [2.75, 3.05) is 17.2 Å². The Bertz CT molecular complexity index is 776. The first-order valence-electron chi connectivity index (χ1n) is 8.00. The molecule has 1 aromatic carbocycles. The number of hydrogen-bond acceptors (Lipinski definition) is 4. The van der Waals surface area contributed by atoms with E-state index < -0.39 is 0 Å². The zero-order chi connectivity index (χ0) is 18.4. The van der Waals surface area contributed by atoms with Crippen LogP contribution in [-0.2, 0) is 0 Å². The molecular formula is C17H21BrN4O2S. The highest BCUT2D eigenvalue weighted by Crippen LogP contribution is 2.25. The molecule has 2 rings (SSSR count). The molecule has 0 saturated carbocycles. The van der Waals surface area contributed by atoms with Crippen LogP contribution in [-0.4, -0.2) is 23.5 Å². The number of carbonyl (C=O) groups is 2. The van der Waals surface area contributed by atoms with Crippen molar-refractivity contribution in [2.24, 2.45) is 0 Å². The number of unbranched alkanes of at least 4 members (excludes halogenated alkanes) is 1. The number of nitrogens with zero attached hydrogens (tertiary/aromatic N) is 1. The van der Waals surface area contributed by atoms with Gasteiger partial charge in [0.2, 0.25) is 0 Å². The summed E-state index contributed by atoms with van der Waals surface area (Å²) in [6, 6.07) is 5.34. The summed E-state index contributed by atoms with van der Waals surface area (Å²) in [6.45, 7) is 6.35. The van der Waals surface area contributed by atoms with Gasteiger partial charge in [-0.15, -0.1) is 0 Å². The molecule has 0 fully saturated rings. The number of hydrogen-bond donors (Lipinski definition) is 3. The molecule has 1 aromatic heterocycles. The van der Waals surface area contributed by atoms with Gasteiger partial charge < -0.3 is 10.6 Å². The van der Waals surface area contributed by atoms with Crippen molar-refractivity contribution in [3.05, 3.63) is 38.8 Å². The highest BCUT2D eigenvalue weighted by atomic mass is 79.9. The smallest absolute Gasteiger partial charge is 0.321 e. The second-order valence-electron chi connectivity index (χ2n) is 5.58. The Balaban J connectivity index is 2.03. The van der Waals surface area contributed by atoms with Crippen LogP contribution in [0.4, 0.5) is 15.6 Å². The van der Waals surface area contributed by atoms with E-state index in [1.165, 1.54) is 0 Å². The van der Waals surface area contributed by atoms with Gasteiger partial charge in [0.1, 0.15) is 4.88 Å². The van der Waals surface area contributed by atoms with E-state index in [4.69, 9.17) is 0 Å². The number of halogens is 1. The maximum absolute atomic E-state index is 12.5. The van der Waals surface area contributed by atoms with Gasteiger partial charge >= 0.3 is 6.03 Å². The third kappa shape index (κ3) is 5.54. The number of aryl methyl sites for hydroxylation is 2. The Labute approximate surface area is 159 Å². The lowest BCUT2D eigenvalue weighted by Gasteiger charge is -2.07. The van der Waals surface area contributed by atoms with E-state index in [1.54, 1.807) is 6.92 Å². The van der Waals surface area contributed by atoms with Crippen molar-refractivity contribution in [1.29, 1.82) is 0 Å². The largest absolute Gasteiger partial charge is 0.338 e. The lowest BCUT2D eigenvalue weighted by atomic mass is 10.2. The Hall–Kier alpha value is -1.93. The predicted molar refractivity (Wildman–Crippen MR) is 106 cm³/mol. The number of carbonyl (C=O) groups excluding carboxylic acids is 2. The van der Waals surface area contributed by atoms with Crippen LogP contribution in [0, 0.1) is 13.8 Å². The van der Waals surface area contributed by atoms with E-state index in [-0.39, 0.29) is 11.9 Å². The molecule has 25 heavy (non-hydrogen) atoms. The summed E-state index contributed by atoms with van der Waals surface area (Å²) in [5, 5.41) is 8.72. The molecule has 0 radical (unpaired) electrons. The average molecular weight is 425 g/mol. The molecule has 8 heteroatoms. The summed E-state index contributed by atoms with van der Waals surface area (Å²) in [6.07, 6.45) is 1.93. The molecule has 6 nitrogen and oxygen atoms in total. The molecule has 0 spiro atoms. The van der Waals surface area contributed by atoms with E-state index in [0.717, 1.165) is 39.9 Å². The van der Waals surface area contributed by atoms with Gasteiger partial charge in [-0.25, -0.2) is 9.78 Å². The summed E-state index contributed by atoms with van der Waals surface area (Å²) in [5.74, 6) is -0.236. The van der Waals surface area contributed by atoms with Gasteiger partial charge in [0.05, 0.1) is 5.69 Å². The SMILES string of the molecule is CCCCNC(=O)Nc1nc(C)c(C(=O)Nc2ccc(Br)cc2C)s1. The van der Waals surface area contributed by atoms with Crippen molar-refractivity contribution in [3.63, 3.8) is 0 Å². The molecule has 0 bridgehead atoms. The summed E-state index contributed by atoms with van der Waals surface area (Å²) in [5.41, 5.74) is 2.28. The quantitative estimate of drug-likeness (QED) is 0.587. The molecule has 3 amide bonds. The summed E-state index contributed by atoms with van der Waals surface area (Å²) >= 11 is 4.56. The Morgan fingerprint density at radius 3 is 2.68 bits per heavy atom. The molecule has 0 aliphatic heterocycles. The fraction of sp³-hybridized carbons (Fsp3) is 0.353. The van der Waals surface area contributed by atoms with Gasteiger partial charge in [0, 0.05) is 16.7 Å². The standard InChI is InChI=1S/C17H21BrN4O2S/c1-4-5-8-19-16(24)22-17-20-11(3)14(25-17)15(23)21-13-7-6-12(18)9-10(13)2/h6-7,9H,4-5,8H2,1-3H3,(H,21,23)(H2,19,20,22,24). The van der Waals surface area contributed by atoms with Crippen LogP contribution in [0.15, 0.2) is 22.7 Å². The summed E-state index contributed by atoms with van der Waals surface area (Å²) < 4.78 is 0.956. The summed E-state index contributed by atoms with van der Waals surface area (Å²) in [4.78, 5) is 29.0. The van der Waals surface area contributed by atoms with E-state index >= 15 is 0 Å². The second kappa shape index (κ2) is 8.96. The molecule has 0 aliphatic carbocycles. The van der Waals surface area contributed by atoms with Crippen LogP contribution in [0.1, 0.15) is 40.7 Å². The van der Waals surface area contributed by atoms with Crippen molar-refractivity contribution in [2.45, 2.75) is 33.6 Å². The maximum Gasteiger partial charge on any atom is 0.321 e. The number of nitrogens with one attached hydrogen (secondary N) is 3. The maximum atomic E-state index is 12.5. The van der Waals surface area contributed by atoms with Crippen LogP contribution in [0.2, 0.25) is 0 Å². The molecule has 134 valence electrons. The zero-order valence-electron chi connectivity index (χ0n) is 14.4. The minimum atomic E-state index is -0.307. The number of benzene rings is 1. The fourth-order valence-electron chi connectivity index (χ4n) is 2.13. The average Bonchev–Trinajstić information content (AvgIpc) is 2.90.